The SMILES string of the molecule is O=C(/C=C/c1ccccc1)OC1CSCCS1. The highest BCUT2D eigenvalue weighted by atomic mass is 32.2. The molecule has 1 heterocycles. The van der Waals surface area contributed by atoms with E-state index < -0.39 is 0 Å². The second-order valence-electron chi connectivity index (χ2n) is 3.56. The van der Waals surface area contributed by atoms with Gasteiger partial charge >= 0.3 is 5.97 Å². The van der Waals surface area contributed by atoms with Gasteiger partial charge in [-0.05, 0) is 11.6 Å². The maximum atomic E-state index is 11.6. The van der Waals surface area contributed by atoms with Gasteiger partial charge in [0, 0.05) is 23.3 Å². The molecule has 1 atom stereocenters. The molecule has 0 aliphatic carbocycles. The van der Waals surface area contributed by atoms with Crippen LogP contribution in [0.25, 0.3) is 6.08 Å². The predicted octanol–water partition coefficient (Wildman–Crippen LogP) is 3.05. The number of rotatable bonds is 3. The second-order valence-corrected chi connectivity index (χ2v) is 5.97. The molecule has 90 valence electrons. The summed E-state index contributed by atoms with van der Waals surface area (Å²) in [6.45, 7) is 0. The molecule has 0 aromatic heterocycles. The van der Waals surface area contributed by atoms with Gasteiger partial charge in [0.25, 0.3) is 0 Å². The Hall–Kier alpha value is -0.870. The lowest BCUT2D eigenvalue weighted by Crippen LogP contribution is -2.20. The summed E-state index contributed by atoms with van der Waals surface area (Å²) in [5.74, 6) is 2.85. The number of hydrogen-bond acceptors (Lipinski definition) is 4. The average Bonchev–Trinajstić information content (AvgIpc) is 2.39. The third-order valence-corrected chi connectivity index (χ3v) is 4.82. The van der Waals surface area contributed by atoms with E-state index >= 15 is 0 Å². The van der Waals surface area contributed by atoms with Gasteiger partial charge in [0.2, 0.25) is 0 Å². The Kier molecular flexibility index (Phi) is 5.01. The van der Waals surface area contributed by atoms with Gasteiger partial charge in [0.1, 0.15) is 0 Å². The normalized spacial score (nSPS) is 20.4. The molecular formula is C13H14O2S2. The molecule has 0 bridgehead atoms. The Morgan fingerprint density at radius 3 is 2.82 bits per heavy atom. The Morgan fingerprint density at radius 1 is 1.29 bits per heavy atom. The molecule has 1 aromatic rings. The molecule has 0 saturated carbocycles. The van der Waals surface area contributed by atoms with Crippen LogP contribution < -0.4 is 0 Å². The Balaban J connectivity index is 1.82. The number of benzene rings is 1. The summed E-state index contributed by atoms with van der Waals surface area (Å²) in [6.07, 6.45) is 3.28. The lowest BCUT2D eigenvalue weighted by atomic mass is 10.2. The van der Waals surface area contributed by atoms with E-state index in [1.807, 2.05) is 42.1 Å². The van der Waals surface area contributed by atoms with Crippen molar-refractivity contribution in [2.75, 3.05) is 17.3 Å². The van der Waals surface area contributed by atoms with Gasteiger partial charge in [-0.2, -0.15) is 11.8 Å². The van der Waals surface area contributed by atoms with E-state index in [1.54, 1.807) is 17.8 Å². The molecule has 1 aliphatic rings. The summed E-state index contributed by atoms with van der Waals surface area (Å²) in [4.78, 5) is 11.6. The van der Waals surface area contributed by atoms with Gasteiger partial charge in [-0.25, -0.2) is 4.79 Å². The lowest BCUT2D eigenvalue weighted by Gasteiger charge is -2.20. The number of carbonyl (C=O) groups excluding carboxylic acids is 1. The van der Waals surface area contributed by atoms with Crippen LogP contribution in [0.4, 0.5) is 0 Å². The molecular weight excluding hydrogens is 252 g/mol. The van der Waals surface area contributed by atoms with Gasteiger partial charge < -0.3 is 4.74 Å². The van der Waals surface area contributed by atoms with Crippen molar-refractivity contribution < 1.29 is 9.53 Å². The molecule has 0 radical (unpaired) electrons. The van der Waals surface area contributed by atoms with Crippen molar-refractivity contribution in [2.24, 2.45) is 0 Å². The maximum Gasteiger partial charge on any atom is 0.331 e. The zero-order valence-electron chi connectivity index (χ0n) is 9.37. The third kappa shape index (κ3) is 4.48. The molecule has 4 heteroatoms. The van der Waals surface area contributed by atoms with E-state index in [0.717, 1.165) is 22.8 Å². The van der Waals surface area contributed by atoms with Crippen molar-refractivity contribution in [1.82, 2.24) is 0 Å². The largest absolute Gasteiger partial charge is 0.447 e. The first-order valence-electron chi connectivity index (χ1n) is 5.48. The fraction of sp³-hybridized carbons (Fsp3) is 0.308. The second kappa shape index (κ2) is 6.77. The van der Waals surface area contributed by atoms with Crippen molar-refractivity contribution in [1.29, 1.82) is 0 Å². The Bertz CT molecular complexity index is 384. The van der Waals surface area contributed by atoms with Crippen molar-refractivity contribution in [3.63, 3.8) is 0 Å². The van der Waals surface area contributed by atoms with E-state index in [-0.39, 0.29) is 11.4 Å². The van der Waals surface area contributed by atoms with E-state index in [2.05, 4.69) is 0 Å². The number of ether oxygens (including phenoxy) is 1. The summed E-state index contributed by atoms with van der Waals surface area (Å²) in [6, 6.07) is 9.74. The van der Waals surface area contributed by atoms with Crippen LogP contribution >= 0.6 is 23.5 Å². The molecule has 17 heavy (non-hydrogen) atoms. The van der Waals surface area contributed by atoms with Crippen molar-refractivity contribution in [3.8, 4) is 0 Å². The monoisotopic (exact) mass is 266 g/mol. The quantitative estimate of drug-likeness (QED) is 0.620. The van der Waals surface area contributed by atoms with Crippen LogP contribution in [-0.2, 0) is 9.53 Å². The van der Waals surface area contributed by atoms with Crippen LogP contribution in [0.3, 0.4) is 0 Å². The van der Waals surface area contributed by atoms with Crippen LogP contribution in [0.5, 0.6) is 0 Å². The summed E-state index contributed by atoms with van der Waals surface area (Å²) >= 11 is 3.55. The van der Waals surface area contributed by atoms with Gasteiger partial charge in [-0.15, -0.1) is 11.8 Å². The van der Waals surface area contributed by atoms with Crippen molar-refractivity contribution >= 4 is 35.6 Å². The van der Waals surface area contributed by atoms with Crippen LogP contribution in [0, 0.1) is 0 Å². The molecule has 1 aromatic carbocycles. The zero-order chi connectivity index (χ0) is 11.9. The number of esters is 1. The molecule has 1 aliphatic heterocycles. The van der Waals surface area contributed by atoms with Crippen LogP contribution in [0.15, 0.2) is 36.4 Å². The number of carbonyl (C=O) groups is 1. The zero-order valence-corrected chi connectivity index (χ0v) is 11.0. The summed E-state index contributed by atoms with van der Waals surface area (Å²) in [7, 11) is 0. The predicted molar refractivity (Wildman–Crippen MR) is 75.1 cm³/mol. The highest BCUT2D eigenvalue weighted by molar-refractivity contribution is 8.06. The minimum absolute atomic E-state index is 0.0154. The summed E-state index contributed by atoms with van der Waals surface area (Å²) in [5, 5.41) is 0. The minimum atomic E-state index is -0.256. The molecule has 0 amide bonds. The van der Waals surface area contributed by atoms with E-state index in [4.69, 9.17) is 4.74 Å². The first-order chi connectivity index (χ1) is 8.34. The van der Waals surface area contributed by atoms with Crippen LogP contribution in [-0.4, -0.2) is 28.7 Å². The lowest BCUT2D eigenvalue weighted by molar-refractivity contribution is -0.138. The molecule has 0 N–H and O–H groups in total. The average molecular weight is 266 g/mol. The fourth-order valence-electron chi connectivity index (χ4n) is 1.43. The smallest absolute Gasteiger partial charge is 0.331 e. The summed E-state index contributed by atoms with van der Waals surface area (Å²) in [5.41, 5.74) is 1.02. The molecule has 2 nitrogen and oxygen atoms in total. The number of thioether (sulfide) groups is 2. The first kappa shape index (κ1) is 12.6. The van der Waals surface area contributed by atoms with Crippen LogP contribution in [0.2, 0.25) is 0 Å². The molecule has 1 unspecified atom stereocenters. The van der Waals surface area contributed by atoms with E-state index in [0.29, 0.717) is 0 Å². The van der Waals surface area contributed by atoms with Crippen molar-refractivity contribution in [3.05, 3.63) is 42.0 Å². The van der Waals surface area contributed by atoms with Crippen LogP contribution in [0.1, 0.15) is 5.56 Å². The van der Waals surface area contributed by atoms with Crippen molar-refractivity contribution in [2.45, 2.75) is 5.44 Å². The Morgan fingerprint density at radius 2 is 2.12 bits per heavy atom. The highest BCUT2D eigenvalue weighted by Crippen LogP contribution is 2.24. The molecule has 1 saturated heterocycles. The topological polar surface area (TPSA) is 26.3 Å². The van der Waals surface area contributed by atoms with Gasteiger partial charge in [0.05, 0.1) is 0 Å². The maximum absolute atomic E-state index is 11.6. The van der Waals surface area contributed by atoms with E-state index in [1.165, 1.54) is 6.08 Å². The first-order valence-corrected chi connectivity index (χ1v) is 7.68. The third-order valence-electron chi connectivity index (χ3n) is 2.24. The van der Waals surface area contributed by atoms with Gasteiger partial charge in [0.15, 0.2) is 5.44 Å². The van der Waals surface area contributed by atoms with Gasteiger partial charge in [-0.1, -0.05) is 30.3 Å². The van der Waals surface area contributed by atoms with Gasteiger partial charge in [-0.3, -0.25) is 0 Å². The summed E-state index contributed by atoms with van der Waals surface area (Å²) < 4.78 is 5.33. The van der Waals surface area contributed by atoms with E-state index in [9.17, 15) is 4.79 Å². The standard InChI is InChI=1S/C13H14O2S2/c14-12(15-13-10-16-8-9-17-13)7-6-11-4-2-1-3-5-11/h1-7,13H,8-10H2/b7-6+. The Labute approximate surface area is 110 Å². The molecule has 2 rings (SSSR count). The number of hydrogen-bond donors (Lipinski definition) is 0. The highest BCUT2D eigenvalue weighted by Gasteiger charge is 2.17. The molecule has 0 spiro atoms. The molecule has 1 fully saturated rings. The minimum Gasteiger partial charge on any atom is -0.447 e. The fourth-order valence-corrected chi connectivity index (χ4v) is 3.81.